The summed E-state index contributed by atoms with van der Waals surface area (Å²) in [5.74, 6) is 0.117. The van der Waals surface area contributed by atoms with Gasteiger partial charge in [-0.2, -0.15) is 0 Å². The summed E-state index contributed by atoms with van der Waals surface area (Å²) in [5, 5.41) is 0. The number of anilines is 1. The van der Waals surface area contributed by atoms with Crippen LogP contribution in [0.1, 0.15) is 12.5 Å². The van der Waals surface area contributed by atoms with E-state index in [4.69, 9.17) is 0 Å². The predicted octanol–water partition coefficient (Wildman–Crippen LogP) is 4.04. The number of halogens is 1. The van der Waals surface area contributed by atoms with Crippen molar-refractivity contribution in [3.05, 3.63) is 64.6 Å². The van der Waals surface area contributed by atoms with Gasteiger partial charge in [-0.05, 0) is 36.8 Å². The Morgan fingerprint density at radius 1 is 1.11 bits per heavy atom. The second-order valence-corrected chi connectivity index (χ2v) is 5.20. The zero-order chi connectivity index (χ0) is 13.7. The van der Waals surface area contributed by atoms with Crippen molar-refractivity contribution < 1.29 is 4.79 Å². The van der Waals surface area contributed by atoms with Crippen LogP contribution in [0.15, 0.2) is 59.1 Å². The number of hydrogen-bond donors (Lipinski definition) is 0. The van der Waals surface area contributed by atoms with E-state index in [-0.39, 0.29) is 5.91 Å². The predicted molar refractivity (Wildman–Crippen MR) is 82.3 cm³/mol. The van der Waals surface area contributed by atoms with Crippen molar-refractivity contribution in [3.63, 3.8) is 0 Å². The third kappa shape index (κ3) is 3.67. The van der Waals surface area contributed by atoms with Gasteiger partial charge in [0.15, 0.2) is 0 Å². The summed E-state index contributed by atoms with van der Waals surface area (Å²) in [6.45, 7) is 2.67. The Labute approximate surface area is 122 Å². The number of hydrogen-bond acceptors (Lipinski definition) is 1. The molecule has 0 atom stereocenters. The lowest BCUT2D eigenvalue weighted by molar-refractivity contribution is -0.117. The van der Waals surface area contributed by atoms with Crippen molar-refractivity contribution in [1.82, 2.24) is 0 Å². The molecule has 2 aromatic carbocycles. The normalized spacial score (nSPS) is 10.2. The highest BCUT2D eigenvalue weighted by molar-refractivity contribution is 9.10. The number of para-hydroxylation sites is 1. The molecule has 0 heterocycles. The minimum Gasteiger partial charge on any atom is -0.312 e. The largest absolute Gasteiger partial charge is 0.312 e. The molecule has 0 aliphatic rings. The first-order chi connectivity index (χ1) is 9.20. The molecular weight excluding hydrogens is 302 g/mol. The average Bonchev–Trinajstić information content (AvgIpc) is 2.41. The smallest absolute Gasteiger partial charge is 0.231 e. The van der Waals surface area contributed by atoms with Gasteiger partial charge in [-0.15, -0.1) is 0 Å². The van der Waals surface area contributed by atoms with Crippen LogP contribution in [0.5, 0.6) is 0 Å². The summed E-state index contributed by atoms with van der Waals surface area (Å²) in [6, 6.07) is 17.6. The van der Waals surface area contributed by atoms with Crippen LogP contribution in [0.3, 0.4) is 0 Å². The number of carbonyl (C=O) groups is 1. The van der Waals surface area contributed by atoms with Crippen molar-refractivity contribution in [3.8, 4) is 0 Å². The van der Waals surface area contributed by atoms with Crippen molar-refractivity contribution >= 4 is 27.5 Å². The molecule has 0 radical (unpaired) electrons. The fourth-order valence-electron chi connectivity index (χ4n) is 2.03. The zero-order valence-corrected chi connectivity index (χ0v) is 12.4. The summed E-state index contributed by atoms with van der Waals surface area (Å²) < 4.78 is 1.00. The Morgan fingerprint density at radius 2 is 1.84 bits per heavy atom. The van der Waals surface area contributed by atoms with Gasteiger partial charge in [-0.1, -0.05) is 46.3 Å². The van der Waals surface area contributed by atoms with E-state index in [1.54, 1.807) is 4.90 Å². The number of rotatable bonds is 4. The second-order valence-electron chi connectivity index (χ2n) is 4.28. The molecule has 0 aliphatic carbocycles. The number of nitrogens with zero attached hydrogens (tertiary/aromatic N) is 1. The molecule has 0 aliphatic heterocycles. The molecule has 19 heavy (non-hydrogen) atoms. The highest BCUT2D eigenvalue weighted by Gasteiger charge is 2.13. The van der Waals surface area contributed by atoms with Crippen LogP contribution in [-0.4, -0.2) is 12.5 Å². The molecule has 0 saturated heterocycles. The van der Waals surface area contributed by atoms with Crippen LogP contribution >= 0.6 is 15.9 Å². The minimum atomic E-state index is 0.117. The van der Waals surface area contributed by atoms with Gasteiger partial charge in [0.05, 0.1) is 6.42 Å². The first-order valence-corrected chi connectivity index (χ1v) is 7.10. The van der Waals surface area contributed by atoms with Crippen LogP contribution in [0.2, 0.25) is 0 Å². The lowest BCUT2D eigenvalue weighted by Crippen LogP contribution is -2.31. The maximum Gasteiger partial charge on any atom is 0.231 e. The van der Waals surface area contributed by atoms with Crippen LogP contribution < -0.4 is 4.90 Å². The van der Waals surface area contributed by atoms with Crippen molar-refractivity contribution in [1.29, 1.82) is 0 Å². The third-order valence-corrected chi connectivity index (χ3v) is 3.42. The summed E-state index contributed by atoms with van der Waals surface area (Å²) in [7, 11) is 0. The van der Waals surface area contributed by atoms with Gasteiger partial charge in [0, 0.05) is 16.7 Å². The molecule has 0 unspecified atom stereocenters. The molecule has 0 saturated carbocycles. The molecule has 2 rings (SSSR count). The Morgan fingerprint density at radius 3 is 2.47 bits per heavy atom. The third-order valence-electron chi connectivity index (χ3n) is 2.93. The fraction of sp³-hybridized carbons (Fsp3) is 0.188. The highest BCUT2D eigenvalue weighted by Crippen LogP contribution is 2.16. The van der Waals surface area contributed by atoms with Crippen LogP contribution in [-0.2, 0) is 11.2 Å². The molecular formula is C16H16BrNO. The van der Waals surface area contributed by atoms with Gasteiger partial charge in [0.2, 0.25) is 5.91 Å². The molecule has 0 fully saturated rings. The van der Waals surface area contributed by atoms with E-state index in [0.717, 1.165) is 15.7 Å². The van der Waals surface area contributed by atoms with Crippen molar-refractivity contribution in [2.75, 3.05) is 11.4 Å². The van der Waals surface area contributed by atoms with E-state index >= 15 is 0 Å². The molecule has 0 bridgehead atoms. The van der Waals surface area contributed by atoms with Crippen LogP contribution in [0.25, 0.3) is 0 Å². The van der Waals surface area contributed by atoms with Crippen molar-refractivity contribution in [2.45, 2.75) is 13.3 Å². The van der Waals surface area contributed by atoms with E-state index in [2.05, 4.69) is 15.9 Å². The molecule has 0 aromatic heterocycles. The van der Waals surface area contributed by atoms with E-state index in [0.29, 0.717) is 13.0 Å². The number of carbonyl (C=O) groups excluding carboxylic acids is 1. The molecule has 0 spiro atoms. The molecule has 98 valence electrons. The first kappa shape index (κ1) is 13.8. The number of likely N-dealkylation sites (N-methyl/N-ethyl adjacent to an activating group) is 1. The maximum atomic E-state index is 12.4. The Hall–Kier alpha value is -1.61. The topological polar surface area (TPSA) is 20.3 Å². The number of benzene rings is 2. The molecule has 1 amide bonds. The highest BCUT2D eigenvalue weighted by atomic mass is 79.9. The van der Waals surface area contributed by atoms with E-state index in [1.807, 2.05) is 61.5 Å². The second kappa shape index (κ2) is 6.53. The average molecular weight is 318 g/mol. The SMILES string of the molecule is CCN(C(=O)Cc1cccc(Br)c1)c1ccccc1. The lowest BCUT2D eigenvalue weighted by Gasteiger charge is -2.21. The van der Waals surface area contributed by atoms with Gasteiger partial charge < -0.3 is 4.90 Å². The molecule has 0 N–H and O–H groups in total. The maximum absolute atomic E-state index is 12.4. The summed E-state index contributed by atoms with van der Waals surface area (Å²) in [6.07, 6.45) is 0.419. The van der Waals surface area contributed by atoms with Gasteiger partial charge >= 0.3 is 0 Å². The Balaban J connectivity index is 2.14. The Bertz CT molecular complexity index is 554. The fourth-order valence-corrected chi connectivity index (χ4v) is 2.47. The van der Waals surface area contributed by atoms with Gasteiger partial charge in [0.25, 0.3) is 0 Å². The molecule has 2 nitrogen and oxygen atoms in total. The monoisotopic (exact) mass is 317 g/mol. The van der Waals surface area contributed by atoms with Gasteiger partial charge in [-0.3, -0.25) is 4.79 Å². The molecule has 2 aromatic rings. The zero-order valence-electron chi connectivity index (χ0n) is 10.8. The van der Waals surface area contributed by atoms with E-state index in [1.165, 1.54) is 0 Å². The van der Waals surface area contributed by atoms with Gasteiger partial charge in [-0.25, -0.2) is 0 Å². The summed E-state index contributed by atoms with van der Waals surface area (Å²) in [5.41, 5.74) is 1.97. The van der Waals surface area contributed by atoms with Crippen LogP contribution in [0.4, 0.5) is 5.69 Å². The summed E-state index contributed by atoms with van der Waals surface area (Å²) >= 11 is 3.43. The van der Waals surface area contributed by atoms with E-state index in [9.17, 15) is 4.79 Å². The van der Waals surface area contributed by atoms with Crippen LogP contribution in [0, 0.1) is 0 Å². The quantitative estimate of drug-likeness (QED) is 0.833. The standard InChI is InChI=1S/C16H16BrNO/c1-2-18(15-9-4-3-5-10-15)16(19)12-13-7-6-8-14(17)11-13/h3-11H,2,12H2,1H3. The molecule has 3 heteroatoms. The first-order valence-electron chi connectivity index (χ1n) is 6.30. The lowest BCUT2D eigenvalue weighted by atomic mass is 10.1. The summed E-state index contributed by atoms with van der Waals surface area (Å²) in [4.78, 5) is 14.2. The van der Waals surface area contributed by atoms with Gasteiger partial charge in [0.1, 0.15) is 0 Å². The van der Waals surface area contributed by atoms with E-state index < -0.39 is 0 Å². The minimum absolute atomic E-state index is 0.117. The Kier molecular flexibility index (Phi) is 4.74. The van der Waals surface area contributed by atoms with Crippen molar-refractivity contribution in [2.24, 2.45) is 0 Å². The number of amides is 1.